The van der Waals surface area contributed by atoms with Gasteiger partial charge in [-0.3, -0.25) is 0 Å². The summed E-state index contributed by atoms with van der Waals surface area (Å²) >= 11 is 0. The Balaban J connectivity index is 2.21. The average molecular weight is 299 g/mol. The first-order valence-electron chi connectivity index (χ1n) is 7.23. The maximum absolute atomic E-state index is 12.6. The zero-order chi connectivity index (χ0) is 15.3. The minimum absolute atomic E-state index is 0.0764. The van der Waals surface area contributed by atoms with Gasteiger partial charge in [0.1, 0.15) is 0 Å². The number of ether oxygens (including phenoxy) is 1. The van der Waals surface area contributed by atoms with Crippen molar-refractivity contribution in [1.29, 1.82) is 0 Å². The van der Waals surface area contributed by atoms with Crippen LogP contribution in [0.3, 0.4) is 0 Å². The molecule has 116 valence electrons. The molecular formula is C16H20F3NO. The van der Waals surface area contributed by atoms with Crippen molar-refractivity contribution in [3.8, 4) is 0 Å². The summed E-state index contributed by atoms with van der Waals surface area (Å²) in [4.78, 5) is 0. The van der Waals surface area contributed by atoms with Crippen molar-refractivity contribution in [2.24, 2.45) is 0 Å². The van der Waals surface area contributed by atoms with Crippen LogP contribution in [0, 0.1) is 0 Å². The summed E-state index contributed by atoms with van der Waals surface area (Å²) in [5, 5.41) is 3.38. The van der Waals surface area contributed by atoms with Crippen molar-refractivity contribution in [2.45, 2.75) is 38.4 Å². The first kappa shape index (κ1) is 15.9. The molecule has 0 saturated heterocycles. The molecule has 1 heterocycles. The highest BCUT2D eigenvalue weighted by atomic mass is 19.4. The van der Waals surface area contributed by atoms with E-state index in [0.717, 1.165) is 49.1 Å². The SMILES string of the molecule is CCCNC(C1=COCCC1)c1ccc(C(F)(F)F)cc1. The Kier molecular flexibility index (Phi) is 5.28. The predicted molar refractivity (Wildman–Crippen MR) is 75.7 cm³/mol. The molecule has 0 spiro atoms. The minimum Gasteiger partial charge on any atom is -0.501 e. The van der Waals surface area contributed by atoms with Crippen LogP contribution in [0.1, 0.15) is 43.4 Å². The van der Waals surface area contributed by atoms with Crippen molar-refractivity contribution >= 4 is 0 Å². The summed E-state index contributed by atoms with van der Waals surface area (Å²) in [7, 11) is 0. The third-order valence-corrected chi connectivity index (χ3v) is 3.50. The van der Waals surface area contributed by atoms with Gasteiger partial charge < -0.3 is 10.1 Å². The van der Waals surface area contributed by atoms with Crippen molar-refractivity contribution in [1.82, 2.24) is 5.32 Å². The lowest BCUT2D eigenvalue weighted by Gasteiger charge is -2.25. The molecule has 1 aromatic carbocycles. The van der Waals surface area contributed by atoms with Crippen LogP contribution in [-0.4, -0.2) is 13.2 Å². The summed E-state index contributed by atoms with van der Waals surface area (Å²) < 4.78 is 43.3. The molecule has 0 fully saturated rings. The first-order chi connectivity index (χ1) is 10.0. The quantitative estimate of drug-likeness (QED) is 0.868. The van der Waals surface area contributed by atoms with Crippen LogP contribution < -0.4 is 5.32 Å². The van der Waals surface area contributed by atoms with Crippen molar-refractivity contribution < 1.29 is 17.9 Å². The molecule has 1 aliphatic heterocycles. The van der Waals surface area contributed by atoms with Gasteiger partial charge in [0.05, 0.1) is 24.5 Å². The highest BCUT2D eigenvalue weighted by Crippen LogP contribution is 2.32. The standard InChI is InChI=1S/C16H20F3NO/c1-2-9-20-15(13-4-3-10-21-11-13)12-5-7-14(8-6-12)16(17,18)19/h5-8,11,15,20H,2-4,9-10H2,1H3. The minimum atomic E-state index is -4.29. The van der Waals surface area contributed by atoms with Gasteiger partial charge in [-0.05, 0) is 49.1 Å². The van der Waals surface area contributed by atoms with Gasteiger partial charge in [-0.25, -0.2) is 0 Å². The van der Waals surface area contributed by atoms with Crippen LogP contribution in [-0.2, 0) is 10.9 Å². The molecule has 2 nitrogen and oxygen atoms in total. The van der Waals surface area contributed by atoms with E-state index < -0.39 is 11.7 Å². The molecule has 5 heteroatoms. The van der Waals surface area contributed by atoms with Crippen LogP contribution in [0.2, 0.25) is 0 Å². The maximum atomic E-state index is 12.6. The van der Waals surface area contributed by atoms with Crippen LogP contribution in [0.15, 0.2) is 36.1 Å². The highest BCUT2D eigenvalue weighted by Gasteiger charge is 2.30. The van der Waals surface area contributed by atoms with Crippen molar-refractivity contribution in [2.75, 3.05) is 13.2 Å². The van der Waals surface area contributed by atoms with Crippen molar-refractivity contribution in [3.63, 3.8) is 0 Å². The molecule has 21 heavy (non-hydrogen) atoms. The molecule has 0 aromatic heterocycles. The zero-order valence-electron chi connectivity index (χ0n) is 12.0. The second-order valence-corrected chi connectivity index (χ2v) is 5.17. The van der Waals surface area contributed by atoms with E-state index in [0.29, 0.717) is 6.61 Å². The van der Waals surface area contributed by atoms with Gasteiger partial charge in [-0.15, -0.1) is 0 Å². The number of nitrogens with one attached hydrogen (secondary N) is 1. The topological polar surface area (TPSA) is 21.3 Å². The highest BCUT2D eigenvalue weighted by molar-refractivity contribution is 5.32. The molecule has 0 aliphatic carbocycles. The van der Waals surface area contributed by atoms with Gasteiger partial charge in [0.25, 0.3) is 0 Å². The molecule has 1 atom stereocenters. The number of rotatable bonds is 5. The fourth-order valence-electron chi connectivity index (χ4n) is 2.41. The smallest absolute Gasteiger partial charge is 0.416 e. The van der Waals surface area contributed by atoms with Crippen molar-refractivity contribution in [3.05, 3.63) is 47.2 Å². The number of benzene rings is 1. The Morgan fingerprint density at radius 3 is 2.48 bits per heavy atom. The molecule has 0 radical (unpaired) electrons. The fraction of sp³-hybridized carbons (Fsp3) is 0.500. The average Bonchev–Trinajstić information content (AvgIpc) is 2.48. The van der Waals surface area contributed by atoms with Crippen LogP contribution in [0.25, 0.3) is 0 Å². The largest absolute Gasteiger partial charge is 0.501 e. The fourth-order valence-corrected chi connectivity index (χ4v) is 2.41. The van der Waals surface area contributed by atoms with Crippen LogP contribution >= 0.6 is 0 Å². The number of halogens is 3. The molecule has 1 N–H and O–H groups in total. The maximum Gasteiger partial charge on any atom is 0.416 e. The lowest BCUT2D eigenvalue weighted by Crippen LogP contribution is -2.25. The lowest BCUT2D eigenvalue weighted by atomic mass is 9.94. The Morgan fingerprint density at radius 1 is 1.24 bits per heavy atom. The molecule has 1 unspecified atom stereocenters. The Bertz CT molecular complexity index is 479. The first-order valence-corrected chi connectivity index (χ1v) is 7.23. The second kappa shape index (κ2) is 6.98. The van der Waals surface area contributed by atoms with E-state index in [9.17, 15) is 13.2 Å². The van der Waals surface area contributed by atoms with E-state index >= 15 is 0 Å². The van der Waals surface area contributed by atoms with Gasteiger partial charge in [-0.2, -0.15) is 13.2 Å². The van der Waals surface area contributed by atoms with Crippen LogP contribution in [0.5, 0.6) is 0 Å². The molecule has 1 aliphatic rings. The number of hydrogen-bond donors (Lipinski definition) is 1. The summed E-state index contributed by atoms with van der Waals surface area (Å²) in [5.41, 5.74) is 1.32. The summed E-state index contributed by atoms with van der Waals surface area (Å²) in [6, 6.07) is 5.30. The van der Waals surface area contributed by atoms with E-state index in [-0.39, 0.29) is 6.04 Å². The molecular weight excluding hydrogens is 279 g/mol. The van der Waals surface area contributed by atoms with Gasteiger partial charge >= 0.3 is 6.18 Å². The summed E-state index contributed by atoms with van der Waals surface area (Å²) in [6.07, 6.45) is 0.261. The van der Waals surface area contributed by atoms with E-state index in [4.69, 9.17) is 4.74 Å². The van der Waals surface area contributed by atoms with E-state index in [1.54, 1.807) is 18.4 Å². The summed E-state index contributed by atoms with van der Waals surface area (Å²) in [6.45, 7) is 3.57. The molecule has 2 rings (SSSR count). The molecule has 1 aromatic rings. The number of hydrogen-bond acceptors (Lipinski definition) is 2. The lowest BCUT2D eigenvalue weighted by molar-refractivity contribution is -0.137. The zero-order valence-corrected chi connectivity index (χ0v) is 12.0. The second-order valence-electron chi connectivity index (χ2n) is 5.17. The Hall–Kier alpha value is -1.49. The normalized spacial score (nSPS) is 17.0. The van der Waals surface area contributed by atoms with Gasteiger partial charge in [0, 0.05) is 0 Å². The summed E-state index contributed by atoms with van der Waals surface area (Å²) in [5.74, 6) is 0. The van der Waals surface area contributed by atoms with E-state index in [2.05, 4.69) is 12.2 Å². The van der Waals surface area contributed by atoms with Crippen LogP contribution in [0.4, 0.5) is 13.2 Å². The Morgan fingerprint density at radius 2 is 1.95 bits per heavy atom. The third-order valence-electron chi connectivity index (χ3n) is 3.50. The molecule has 0 saturated carbocycles. The number of alkyl halides is 3. The van der Waals surface area contributed by atoms with E-state index in [1.165, 1.54) is 0 Å². The monoisotopic (exact) mass is 299 g/mol. The molecule has 0 bridgehead atoms. The van der Waals surface area contributed by atoms with Gasteiger partial charge in [0.15, 0.2) is 0 Å². The third kappa shape index (κ3) is 4.24. The van der Waals surface area contributed by atoms with Gasteiger partial charge in [0.2, 0.25) is 0 Å². The van der Waals surface area contributed by atoms with Gasteiger partial charge in [-0.1, -0.05) is 19.1 Å². The predicted octanol–water partition coefficient (Wildman–Crippen LogP) is 4.44. The van der Waals surface area contributed by atoms with E-state index in [1.807, 2.05) is 0 Å². The Labute approximate surface area is 123 Å². The molecule has 0 amide bonds.